The minimum atomic E-state index is -0.388. The first-order valence-corrected chi connectivity index (χ1v) is 8.82. The average Bonchev–Trinajstić information content (AvgIpc) is 3.35. The Balaban J connectivity index is 1.35. The van der Waals surface area contributed by atoms with Gasteiger partial charge in [-0.2, -0.15) is 0 Å². The molecule has 1 saturated heterocycles. The number of hydrogen-bond donors (Lipinski definition) is 2. The van der Waals surface area contributed by atoms with Gasteiger partial charge in [-0.05, 0) is 31.3 Å². The number of rotatable bonds is 6. The van der Waals surface area contributed by atoms with E-state index < -0.39 is 0 Å². The van der Waals surface area contributed by atoms with Crippen molar-refractivity contribution in [1.82, 2.24) is 15.5 Å². The lowest BCUT2D eigenvalue weighted by Gasteiger charge is -2.31. The van der Waals surface area contributed by atoms with Crippen LogP contribution in [0.2, 0.25) is 0 Å². The molecule has 3 rings (SSSR count). The van der Waals surface area contributed by atoms with E-state index in [-0.39, 0.29) is 29.4 Å². The predicted molar refractivity (Wildman–Crippen MR) is 91.6 cm³/mol. The minimum absolute atomic E-state index is 0.0149. The highest BCUT2D eigenvalue weighted by molar-refractivity contribution is 5.79. The fourth-order valence-corrected chi connectivity index (χ4v) is 3.45. The summed E-state index contributed by atoms with van der Waals surface area (Å²) in [6, 6.07) is 0. The molecule has 2 N–H and O–H groups in total. The molecule has 0 bridgehead atoms. The molecule has 0 aromatic carbocycles. The molecule has 7 nitrogen and oxygen atoms in total. The summed E-state index contributed by atoms with van der Waals surface area (Å²) in [6.45, 7) is 2.33. The Bertz CT molecular complexity index is 607. The van der Waals surface area contributed by atoms with Gasteiger partial charge in [-0.25, -0.2) is 4.79 Å². The number of carbonyl (C=O) groups is 3. The van der Waals surface area contributed by atoms with Crippen molar-refractivity contribution in [2.45, 2.75) is 31.8 Å². The molecule has 1 saturated carbocycles. The van der Waals surface area contributed by atoms with Crippen LogP contribution in [0, 0.1) is 11.3 Å². The predicted octanol–water partition coefficient (Wildman–Crippen LogP) is 0.972. The third-order valence-corrected chi connectivity index (χ3v) is 5.23. The van der Waals surface area contributed by atoms with Crippen LogP contribution < -0.4 is 10.6 Å². The van der Waals surface area contributed by atoms with Gasteiger partial charge in [0, 0.05) is 38.8 Å². The van der Waals surface area contributed by atoms with E-state index in [9.17, 15) is 14.4 Å². The molecule has 0 radical (unpaired) electrons. The van der Waals surface area contributed by atoms with Gasteiger partial charge in [0.2, 0.25) is 5.91 Å². The number of amides is 2. The lowest BCUT2D eigenvalue weighted by Crippen LogP contribution is -2.40. The molecule has 2 fully saturated rings. The van der Waals surface area contributed by atoms with E-state index in [0.717, 1.165) is 44.3 Å². The fraction of sp³-hybridized carbons (Fsp3) is 0.611. The quantitative estimate of drug-likeness (QED) is 0.699. The molecule has 2 aliphatic carbocycles. The van der Waals surface area contributed by atoms with Crippen LogP contribution in [0.1, 0.15) is 25.7 Å². The molecule has 25 heavy (non-hydrogen) atoms. The zero-order valence-electron chi connectivity index (χ0n) is 14.5. The Hall–Kier alpha value is -2.15. The number of nitrogens with zero attached hydrogens (tertiary/aromatic N) is 1. The Morgan fingerprint density at radius 3 is 2.80 bits per heavy atom. The number of nitrogens with one attached hydrogen (secondary N) is 2. The maximum absolute atomic E-state index is 12.1. The molecule has 0 spiro atoms. The highest BCUT2D eigenvalue weighted by Crippen LogP contribution is 2.55. The van der Waals surface area contributed by atoms with Crippen molar-refractivity contribution in [3.8, 4) is 0 Å². The van der Waals surface area contributed by atoms with E-state index in [1.54, 1.807) is 7.05 Å². The monoisotopic (exact) mass is 347 g/mol. The van der Waals surface area contributed by atoms with Crippen molar-refractivity contribution < 1.29 is 19.1 Å². The standard InChI is InChI=1S/C18H25N3O4/c1-19-17(24)25-15-3-7-21(8-4-15)9-5-16(23)20-14-2-6-18(12-22)11-13(18)10-14/h2,6,10,12-13,15H,3-5,7-9,11H2,1H3,(H,19,24)(H,20,23). The van der Waals surface area contributed by atoms with E-state index in [0.29, 0.717) is 13.0 Å². The number of ether oxygens (including phenoxy) is 1. The summed E-state index contributed by atoms with van der Waals surface area (Å²) < 4.78 is 5.25. The van der Waals surface area contributed by atoms with Gasteiger partial charge in [-0.15, -0.1) is 0 Å². The number of alkyl carbamates (subject to hydrolysis) is 1. The molecule has 2 unspecified atom stereocenters. The Labute approximate surface area is 147 Å². The number of hydrogen-bond acceptors (Lipinski definition) is 5. The van der Waals surface area contributed by atoms with Gasteiger partial charge >= 0.3 is 6.09 Å². The molecule has 2 amide bonds. The largest absolute Gasteiger partial charge is 0.446 e. The number of fused-ring (bicyclic) bond motifs is 1. The summed E-state index contributed by atoms with van der Waals surface area (Å²) in [5.41, 5.74) is 0.498. The topological polar surface area (TPSA) is 87.7 Å². The van der Waals surface area contributed by atoms with Crippen molar-refractivity contribution in [3.63, 3.8) is 0 Å². The van der Waals surface area contributed by atoms with Crippen LogP contribution >= 0.6 is 0 Å². The number of likely N-dealkylation sites (tertiary alicyclic amines) is 1. The van der Waals surface area contributed by atoms with Gasteiger partial charge in [0.1, 0.15) is 12.4 Å². The number of aldehydes is 1. The fourth-order valence-electron chi connectivity index (χ4n) is 3.45. The molecule has 136 valence electrons. The number of allylic oxidation sites excluding steroid dienone is 3. The van der Waals surface area contributed by atoms with Crippen molar-refractivity contribution >= 4 is 18.3 Å². The highest BCUT2D eigenvalue weighted by atomic mass is 16.6. The smallest absolute Gasteiger partial charge is 0.407 e. The molecular weight excluding hydrogens is 322 g/mol. The van der Waals surface area contributed by atoms with Crippen molar-refractivity contribution in [2.24, 2.45) is 11.3 Å². The summed E-state index contributed by atoms with van der Waals surface area (Å²) in [7, 11) is 1.55. The van der Waals surface area contributed by atoms with Crippen molar-refractivity contribution in [2.75, 3.05) is 26.7 Å². The van der Waals surface area contributed by atoms with E-state index in [2.05, 4.69) is 15.5 Å². The van der Waals surface area contributed by atoms with E-state index in [4.69, 9.17) is 4.74 Å². The van der Waals surface area contributed by atoms with Gasteiger partial charge in [-0.3, -0.25) is 4.79 Å². The second-order valence-corrected chi connectivity index (χ2v) is 6.99. The van der Waals surface area contributed by atoms with Crippen LogP contribution in [-0.4, -0.2) is 56.0 Å². The molecule has 7 heteroatoms. The molecule has 3 aliphatic rings. The molecule has 1 heterocycles. The summed E-state index contributed by atoms with van der Waals surface area (Å²) in [4.78, 5) is 36.6. The first-order valence-electron chi connectivity index (χ1n) is 8.82. The lowest BCUT2D eigenvalue weighted by atomic mass is 10.00. The minimum Gasteiger partial charge on any atom is -0.446 e. The third kappa shape index (κ3) is 4.28. The maximum Gasteiger partial charge on any atom is 0.407 e. The van der Waals surface area contributed by atoms with Crippen LogP contribution in [0.3, 0.4) is 0 Å². The third-order valence-electron chi connectivity index (χ3n) is 5.23. The molecule has 2 atom stereocenters. The Morgan fingerprint density at radius 2 is 2.16 bits per heavy atom. The van der Waals surface area contributed by atoms with Crippen LogP contribution in [0.4, 0.5) is 4.79 Å². The van der Waals surface area contributed by atoms with Gasteiger partial charge in [0.05, 0.1) is 5.41 Å². The lowest BCUT2D eigenvalue weighted by molar-refractivity contribution is -0.120. The van der Waals surface area contributed by atoms with Gasteiger partial charge in [0.15, 0.2) is 0 Å². The van der Waals surface area contributed by atoms with Crippen LogP contribution in [0.5, 0.6) is 0 Å². The summed E-state index contributed by atoms with van der Waals surface area (Å²) in [5, 5.41) is 5.37. The second-order valence-electron chi connectivity index (χ2n) is 6.99. The normalized spacial score (nSPS) is 28.5. The van der Waals surface area contributed by atoms with Crippen molar-refractivity contribution in [3.05, 3.63) is 23.9 Å². The molecule has 1 aliphatic heterocycles. The Morgan fingerprint density at radius 1 is 1.40 bits per heavy atom. The first kappa shape index (κ1) is 17.7. The van der Waals surface area contributed by atoms with Gasteiger partial charge in [-0.1, -0.05) is 12.2 Å². The van der Waals surface area contributed by atoms with E-state index >= 15 is 0 Å². The van der Waals surface area contributed by atoms with E-state index in [1.807, 2.05) is 18.2 Å². The summed E-state index contributed by atoms with van der Waals surface area (Å²) >= 11 is 0. The maximum atomic E-state index is 12.1. The molecule has 0 aromatic heterocycles. The highest BCUT2D eigenvalue weighted by Gasteiger charge is 2.52. The van der Waals surface area contributed by atoms with E-state index in [1.165, 1.54) is 0 Å². The summed E-state index contributed by atoms with van der Waals surface area (Å²) in [6.07, 6.45) is 9.13. The SMILES string of the molecule is CNC(=O)OC1CCN(CCC(=O)NC2=CC3CC3(C=O)C=C2)CC1. The number of piperidine rings is 1. The van der Waals surface area contributed by atoms with Crippen LogP contribution in [0.15, 0.2) is 23.9 Å². The Kier molecular flexibility index (Phi) is 5.22. The van der Waals surface area contributed by atoms with Crippen molar-refractivity contribution in [1.29, 1.82) is 0 Å². The zero-order valence-corrected chi connectivity index (χ0v) is 14.5. The summed E-state index contributed by atoms with van der Waals surface area (Å²) in [5.74, 6) is 0.225. The van der Waals surface area contributed by atoms with Gasteiger partial charge in [0.25, 0.3) is 0 Å². The number of carbonyl (C=O) groups excluding carboxylic acids is 3. The average molecular weight is 347 g/mol. The molecule has 0 aromatic rings. The van der Waals surface area contributed by atoms with Crippen LogP contribution in [0.25, 0.3) is 0 Å². The molecular formula is C18H25N3O4. The zero-order chi connectivity index (χ0) is 17.9. The van der Waals surface area contributed by atoms with Gasteiger partial charge < -0.3 is 25.1 Å². The van der Waals surface area contributed by atoms with Crippen LogP contribution in [-0.2, 0) is 14.3 Å². The second kappa shape index (κ2) is 7.39. The first-order chi connectivity index (χ1) is 12.0.